The van der Waals surface area contributed by atoms with Gasteiger partial charge in [-0.25, -0.2) is 9.61 Å². The number of carbonyl (C=O) groups excluding carboxylic acids is 1. The van der Waals surface area contributed by atoms with Gasteiger partial charge in [-0.1, -0.05) is 10.3 Å². The standard InChI is InChI=1S/C17H24N6O2/c1-12-14(21-25-20-12)10-16(24)23-8-4-5-13(11-23)9-15-17(22(2)3)19-7-6-18-15/h6-7,13H,4-5,8-11H2,1-3H3. The molecule has 0 radical (unpaired) electrons. The van der Waals surface area contributed by atoms with E-state index in [4.69, 9.17) is 0 Å². The normalized spacial score (nSPS) is 17.6. The number of anilines is 1. The average molecular weight is 344 g/mol. The Morgan fingerprint density at radius 3 is 2.80 bits per heavy atom. The van der Waals surface area contributed by atoms with Gasteiger partial charge in [-0.15, -0.1) is 0 Å². The molecule has 1 fully saturated rings. The maximum atomic E-state index is 12.6. The van der Waals surface area contributed by atoms with Crippen LogP contribution in [0.1, 0.15) is 29.9 Å². The molecular formula is C17H24N6O2. The van der Waals surface area contributed by atoms with Crippen LogP contribution < -0.4 is 4.90 Å². The summed E-state index contributed by atoms with van der Waals surface area (Å²) < 4.78 is 4.68. The molecule has 1 atom stereocenters. The molecule has 25 heavy (non-hydrogen) atoms. The first-order chi connectivity index (χ1) is 12.0. The van der Waals surface area contributed by atoms with Crippen molar-refractivity contribution in [2.24, 2.45) is 5.92 Å². The van der Waals surface area contributed by atoms with Crippen LogP contribution >= 0.6 is 0 Å². The molecule has 2 aromatic heterocycles. The quantitative estimate of drug-likeness (QED) is 0.806. The van der Waals surface area contributed by atoms with Crippen molar-refractivity contribution in [3.05, 3.63) is 29.5 Å². The van der Waals surface area contributed by atoms with Gasteiger partial charge in [0.15, 0.2) is 0 Å². The maximum Gasteiger partial charge on any atom is 0.228 e. The highest BCUT2D eigenvalue weighted by Gasteiger charge is 2.26. The van der Waals surface area contributed by atoms with E-state index in [1.165, 1.54) is 0 Å². The van der Waals surface area contributed by atoms with Crippen LogP contribution in [0.4, 0.5) is 5.82 Å². The Morgan fingerprint density at radius 2 is 2.08 bits per heavy atom. The van der Waals surface area contributed by atoms with Gasteiger partial charge in [0.1, 0.15) is 17.2 Å². The van der Waals surface area contributed by atoms with Crippen LogP contribution in [0.5, 0.6) is 0 Å². The zero-order chi connectivity index (χ0) is 17.8. The van der Waals surface area contributed by atoms with Gasteiger partial charge in [0.05, 0.1) is 12.1 Å². The monoisotopic (exact) mass is 344 g/mol. The fourth-order valence-electron chi connectivity index (χ4n) is 3.27. The van der Waals surface area contributed by atoms with Crippen LogP contribution in [0, 0.1) is 12.8 Å². The molecule has 1 unspecified atom stereocenters. The maximum absolute atomic E-state index is 12.6. The molecule has 8 nitrogen and oxygen atoms in total. The largest absolute Gasteiger partial charge is 0.361 e. The summed E-state index contributed by atoms with van der Waals surface area (Å²) in [6.07, 6.45) is 6.62. The summed E-state index contributed by atoms with van der Waals surface area (Å²) in [6, 6.07) is 0. The molecule has 3 heterocycles. The smallest absolute Gasteiger partial charge is 0.228 e. The van der Waals surface area contributed by atoms with Crippen molar-refractivity contribution in [2.45, 2.75) is 32.6 Å². The lowest BCUT2D eigenvalue weighted by Crippen LogP contribution is -2.41. The first-order valence-corrected chi connectivity index (χ1v) is 8.57. The summed E-state index contributed by atoms with van der Waals surface area (Å²) >= 11 is 0. The molecule has 1 saturated heterocycles. The lowest BCUT2D eigenvalue weighted by molar-refractivity contribution is -0.132. The minimum absolute atomic E-state index is 0.0791. The molecule has 3 rings (SSSR count). The van der Waals surface area contributed by atoms with Gasteiger partial charge in [0.25, 0.3) is 0 Å². The predicted molar refractivity (Wildman–Crippen MR) is 92.1 cm³/mol. The van der Waals surface area contributed by atoms with E-state index in [1.807, 2.05) is 23.9 Å². The van der Waals surface area contributed by atoms with Gasteiger partial charge in [0.2, 0.25) is 5.91 Å². The third-order valence-electron chi connectivity index (χ3n) is 4.59. The second kappa shape index (κ2) is 7.58. The van der Waals surface area contributed by atoms with Crippen LogP contribution in [0.3, 0.4) is 0 Å². The summed E-state index contributed by atoms with van der Waals surface area (Å²) in [5, 5.41) is 7.55. The van der Waals surface area contributed by atoms with Crippen LogP contribution in [-0.2, 0) is 17.6 Å². The fourth-order valence-corrected chi connectivity index (χ4v) is 3.27. The van der Waals surface area contributed by atoms with Crippen molar-refractivity contribution in [1.82, 2.24) is 25.2 Å². The molecule has 0 bridgehead atoms. The number of rotatable bonds is 5. The lowest BCUT2D eigenvalue weighted by atomic mass is 9.93. The zero-order valence-electron chi connectivity index (χ0n) is 15.0. The zero-order valence-corrected chi connectivity index (χ0v) is 15.0. The van der Waals surface area contributed by atoms with E-state index in [2.05, 4.69) is 24.9 Å². The van der Waals surface area contributed by atoms with Crippen molar-refractivity contribution in [3.63, 3.8) is 0 Å². The Labute approximate surface area is 147 Å². The van der Waals surface area contributed by atoms with Crippen LogP contribution in [0.25, 0.3) is 0 Å². The van der Waals surface area contributed by atoms with Crippen LogP contribution in [-0.4, -0.2) is 58.3 Å². The Kier molecular flexibility index (Phi) is 5.25. The van der Waals surface area contributed by atoms with Crippen LogP contribution in [0.15, 0.2) is 17.0 Å². The first kappa shape index (κ1) is 17.3. The van der Waals surface area contributed by atoms with Gasteiger partial charge in [0, 0.05) is 39.6 Å². The van der Waals surface area contributed by atoms with E-state index in [1.54, 1.807) is 19.3 Å². The topological polar surface area (TPSA) is 88.2 Å². The highest BCUT2D eigenvalue weighted by atomic mass is 16.6. The predicted octanol–water partition coefficient (Wildman–Crippen LogP) is 1.26. The summed E-state index contributed by atoms with van der Waals surface area (Å²) in [5.74, 6) is 1.37. The summed E-state index contributed by atoms with van der Waals surface area (Å²) in [7, 11) is 3.94. The second-order valence-corrected chi connectivity index (χ2v) is 6.75. The molecule has 0 spiro atoms. The van der Waals surface area contributed by atoms with Gasteiger partial charge >= 0.3 is 0 Å². The van der Waals surface area contributed by atoms with Crippen LogP contribution in [0.2, 0.25) is 0 Å². The number of hydrogen-bond acceptors (Lipinski definition) is 7. The molecule has 1 aliphatic rings. The highest BCUT2D eigenvalue weighted by molar-refractivity contribution is 5.78. The lowest BCUT2D eigenvalue weighted by Gasteiger charge is -2.33. The Morgan fingerprint density at radius 1 is 1.28 bits per heavy atom. The molecule has 0 aromatic carbocycles. The average Bonchev–Trinajstić information content (AvgIpc) is 3.00. The molecule has 0 saturated carbocycles. The molecule has 1 amide bonds. The molecule has 0 N–H and O–H groups in total. The number of nitrogens with zero attached hydrogens (tertiary/aromatic N) is 6. The SMILES string of the molecule is Cc1nonc1CC(=O)N1CCCC(Cc2nccnc2N(C)C)C1. The van der Waals surface area contributed by atoms with Gasteiger partial charge in [-0.3, -0.25) is 9.78 Å². The highest BCUT2D eigenvalue weighted by Crippen LogP contribution is 2.24. The number of carbonyl (C=O) groups is 1. The van der Waals surface area contributed by atoms with E-state index in [-0.39, 0.29) is 12.3 Å². The molecule has 2 aromatic rings. The van der Waals surface area contributed by atoms with E-state index >= 15 is 0 Å². The summed E-state index contributed by atoms with van der Waals surface area (Å²) in [6.45, 7) is 3.34. The van der Waals surface area contributed by atoms with Gasteiger partial charge in [-0.05, 0) is 32.1 Å². The minimum Gasteiger partial charge on any atom is -0.361 e. The Balaban J connectivity index is 1.63. The van der Waals surface area contributed by atoms with E-state index in [9.17, 15) is 4.79 Å². The first-order valence-electron chi connectivity index (χ1n) is 8.57. The molecular weight excluding hydrogens is 320 g/mol. The summed E-state index contributed by atoms with van der Waals surface area (Å²) in [4.78, 5) is 25.4. The summed E-state index contributed by atoms with van der Waals surface area (Å²) in [5.41, 5.74) is 2.29. The second-order valence-electron chi connectivity index (χ2n) is 6.75. The Hall–Kier alpha value is -2.51. The third kappa shape index (κ3) is 4.12. The fraction of sp³-hybridized carbons (Fsp3) is 0.588. The molecule has 1 aliphatic heterocycles. The van der Waals surface area contributed by atoms with Crippen molar-refractivity contribution in [3.8, 4) is 0 Å². The molecule has 134 valence electrons. The van der Waals surface area contributed by atoms with Crippen molar-refractivity contribution < 1.29 is 9.42 Å². The van der Waals surface area contributed by atoms with E-state index in [0.717, 1.165) is 43.9 Å². The number of likely N-dealkylation sites (tertiary alicyclic amines) is 1. The van der Waals surface area contributed by atoms with E-state index < -0.39 is 0 Å². The minimum atomic E-state index is 0.0791. The number of amides is 1. The van der Waals surface area contributed by atoms with Crippen molar-refractivity contribution >= 4 is 11.7 Å². The number of piperidine rings is 1. The van der Waals surface area contributed by atoms with Gasteiger partial charge < -0.3 is 9.80 Å². The van der Waals surface area contributed by atoms with Gasteiger partial charge in [-0.2, -0.15) is 0 Å². The van der Waals surface area contributed by atoms with E-state index in [0.29, 0.717) is 17.3 Å². The number of hydrogen-bond donors (Lipinski definition) is 0. The van der Waals surface area contributed by atoms with Crippen molar-refractivity contribution in [2.75, 3.05) is 32.1 Å². The third-order valence-corrected chi connectivity index (χ3v) is 4.59. The molecule has 8 heteroatoms. The molecule has 0 aliphatic carbocycles. The number of aryl methyl sites for hydroxylation is 1. The number of aromatic nitrogens is 4. The Bertz CT molecular complexity index is 729. The van der Waals surface area contributed by atoms with Crippen molar-refractivity contribution in [1.29, 1.82) is 0 Å².